The number of benzene rings is 1. The van der Waals surface area contributed by atoms with Crippen molar-refractivity contribution in [2.75, 3.05) is 12.3 Å². The first-order valence-electron chi connectivity index (χ1n) is 6.58. The van der Waals surface area contributed by atoms with Crippen molar-refractivity contribution < 1.29 is 9.59 Å². The highest BCUT2D eigenvalue weighted by atomic mass is 32.2. The van der Waals surface area contributed by atoms with Gasteiger partial charge in [-0.05, 0) is 5.56 Å². The molecule has 19 heavy (non-hydrogen) atoms. The number of nitrogens with zero attached hydrogens (tertiary/aromatic N) is 1. The molecule has 0 N–H and O–H groups in total. The van der Waals surface area contributed by atoms with E-state index in [4.69, 9.17) is 0 Å². The second-order valence-corrected chi connectivity index (χ2v) is 6.05. The van der Waals surface area contributed by atoms with Crippen LogP contribution in [0.1, 0.15) is 19.4 Å². The van der Waals surface area contributed by atoms with E-state index in [1.807, 2.05) is 32.0 Å². The molecule has 1 aromatic rings. The Kier molecular flexibility index (Phi) is 4.64. The fraction of sp³-hybridized carbons (Fsp3) is 0.467. The summed E-state index contributed by atoms with van der Waals surface area (Å²) >= 11 is 1.75. The second kappa shape index (κ2) is 6.24. The number of carbonyl (C=O) groups excluding carboxylic acids is 2. The first kappa shape index (κ1) is 14.1. The van der Waals surface area contributed by atoms with Gasteiger partial charge in [0.1, 0.15) is 0 Å². The molecule has 3 nitrogen and oxygen atoms in total. The number of imide groups is 1. The summed E-state index contributed by atoms with van der Waals surface area (Å²) < 4.78 is 0. The maximum Gasteiger partial charge on any atom is 0.232 e. The van der Waals surface area contributed by atoms with E-state index in [9.17, 15) is 9.59 Å². The zero-order valence-electron chi connectivity index (χ0n) is 11.3. The zero-order chi connectivity index (χ0) is 13.8. The van der Waals surface area contributed by atoms with Crippen LogP contribution in [0.3, 0.4) is 0 Å². The molecule has 0 radical (unpaired) electrons. The molecule has 1 saturated heterocycles. The lowest BCUT2D eigenvalue weighted by Crippen LogP contribution is -2.32. The number of amides is 2. The Morgan fingerprint density at radius 2 is 1.63 bits per heavy atom. The predicted molar refractivity (Wildman–Crippen MR) is 77.7 cm³/mol. The molecule has 0 aliphatic carbocycles. The van der Waals surface area contributed by atoms with Gasteiger partial charge < -0.3 is 0 Å². The summed E-state index contributed by atoms with van der Waals surface area (Å²) in [5, 5.41) is 0. The molecule has 0 bridgehead atoms. The van der Waals surface area contributed by atoms with Crippen molar-refractivity contribution in [2.45, 2.75) is 19.6 Å². The van der Waals surface area contributed by atoms with Crippen LogP contribution in [0.25, 0.3) is 0 Å². The maximum absolute atomic E-state index is 11.9. The van der Waals surface area contributed by atoms with Crippen LogP contribution < -0.4 is 0 Å². The van der Waals surface area contributed by atoms with Crippen LogP contribution in [0, 0.1) is 11.8 Å². The van der Waals surface area contributed by atoms with Gasteiger partial charge in [-0.15, -0.1) is 0 Å². The standard InChI is InChI=1S/C15H19NO2S/c1-11-12(2)15(18)16(14(11)17)8-9-19-10-13-6-4-3-5-7-13/h3-7,11-12H,8-10H2,1-2H3/t11-,12-/m0/s1. The number of rotatable bonds is 5. The monoisotopic (exact) mass is 277 g/mol. The van der Waals surface area contributed by atoms with Crippen LogP contribution in [0.15, 0.2) is 30.3 Å². The minimum atomic E-state index is -0.161. The molecule has 102 valence electrons. The topological polar surface area (TPSA) is 37.4 Å². The number of likely N-dealkylation sites (tertiary alicyclic amines) is 1. The van der Waals surface area contributed by atoms with Crippen molar-refractivity contribution in [1.82, 2.24) is 4.90 Å². The number of hydrogen-bond acceptors (Lipinski definition) is 3. The normalized spacial score (nSPS) is 23.2. The van der Waals surface area contributed by atoms with Gasteiger partial charge in [-0.1, -0.05) is 44.2 Å². The van der Waals surface area contributed by atoms with Crippen LogP contribution in [0.5, 0.6) is 0 Å². The molecule has 2 rings (SSSR count). The van der Waals surface area contributed by atoms with E-state index >= 15 is 0 Å². The molecule has 1 aliphatic rings. The largest absolute Gasteiger partial charge is 0.281 e. The lowest BCUT2D eigenvalue weighted by Gasteiger charge is -2.13. The summed E-state index contributed by atoms with van der Waals surface area (Å²) in [7, 11) is 0. The van der Waals surface area contributed by atoms with Crippen LogP contribution in [-0.4, -0.2) is 29.0 Å². The Hall–Kier alpha value is -1.29. The van der Waals surface area contributed by atoms with Gasteiger partial charge in [0.15, 0.2) is 0 Å². The molecular formula is C15H19NO2S. The summed E-state index contributed by atoms with van der Waals surface area (Å²) in [5.41, 5.74) is 1.27. The highest BCUT2D eigenvalue weighted by Crippen LogP contribution is 2.25. The van der Waals surface area contributed by atoms with E-state index in [1.165, 1.54) is 10.5 Å². The zero-order valence-corrected chi connectivity index (χ0v) is 12.2. The van der Waals surface area contributed by atoms with Crippen molar-refractivity contribution in [1.29, 1.82) is 0 Å². The molecule has 1 heterocycles. The van der Waals surface area contributed by atoms with E-state index in [0.717, 1.165) is 11.5 Å². The minimum absolute atomic E-state index is 0.0159. The van der Waals surface area contributed by atoms with Gasteiger partial charge in [-0.3, -0.25) is 14.5 Å². The summed E-state index contributed by atoms with van der Waals surface area (Å²) in [6.45, 7) is 4.20. The fourth-order valence-corrected chi connectivity index (χ4v) is 3.05. The first-order chi connectivity index (χ1) is 9.11. The van der Waals surface area contributed by atoms with Crippen LogP contribution in [-0.2, 0) is 15.3 Å². The number of carbonyl (C=O) groups is 2. The summed E-state index contributed by atoms with van der Waals surface area (Å²) in [4.78, 5) is 25.2. The van der Waals surface area contributed by atoms with E-state index < -0.39 is 0 Å². The summed E-state index contributed by atoms with van der Waals surface area (Å²) in [5.74, 6) is 1.36. The average molecular weight is 277 g/mol. The van der Waals surface area contributed by atoms with Gasteiger partial charge in [0.2, 0.25) is 11.8 Å². The molecular weight excluding hydrogens is 258 g/mol. The van der Waals surface area contributed by atoms with Gasteiger partial charge in [0, 0.05) is 29.9 Å². The van der Waals surface area contributed by atoms with E-state index in [-0.39, 0.29) is 23.7 Å². The lowest BCUT2D eigenvalue weighted by atomic mass is 10.00. The minimum Gasteiger partial charge on any atom is -0.281 e. The van der Waals surface area contributed by atoms with Crippen molar-refractivity contribution >= 4 is 23.6 Å². The molecule has 0 unspecified atom stereocenters. The SMILES string of the molecule is C[C@@H]1C(=O)N(CCSCc2ccccc2)C(=O)[C@H]1C. The van der Waals surface area contributed by atoms with E-state index in [2.05, 4.69) is 12.1 Å². The molecule has 1 fully saturated rings. The van der Waals surface area contributed by atoms with Crippen molar-refractivity contribution in [2.24, 2.45) is 11.8 Å². The van der Waals surface area contributed by atoms with E-state index in [1.54, 1.807) is 11.8 Å². The number of thioether (sulfide) groups is 1. The van der Waals surface area contributed by atoms with Gasteiger partial charge in [-0.25, -0.2) is 0 Å². The molecule has 0 aromatic heterocycles. The molecule has 2 amide bonds. The van der Waals surface area contributed by atoms with Gasteiger partial charge >= 0.3 is 0 Å². The van der Waals surface area contributed by atoms with Crippen molar-refractivity contribution in [3.05, 3.63) is 35.9 Å². The maximum atomic E-state index is 11.9. The second-order valence-electron chi connectivity index (χ2n) is 4.94. The third-order valence-electron chi connectivity index (χ3n) is 3.63. The molecule has 1 aromatic carbocycles. The first-order valence-corrected chi connectivity index (χ1v) is 7.73. The lowest BCUT2D eigenvalue weighted by molar-refractivity contribution is -0.139. The fourth-order valence-electron chi connectivity index (χ4n) is 2.17. The Labute approximate surface area is 118 Å². The molecule has 2 atom stereocenters. The van der Waals surface area contributed by atoms with Gasteiger partial charge in [-0.2, -0.15) is 11.8 Å². The van der Waals surface area contributed by atoms with Crippen LogP contribution >= 0.6 is 11.8 Å². The molecule has 0 spiro atoms. The molecule has 0 saturated carbocycles. The molecule has 4 heteroatoms. The third-order valence-corrected chi connectivity index (χ3v) is 4.64. The van der Waals surface area contributed by atoms with Gasteiger partial charge in [0.25, 0.3) is 0 Å². The Morgan fingerprint density at radius 1 is 1.05 bits per heavy atom. The molecule has 1 aliphatic heterocycles. The Bertz CT molecular complexity index is 440. The summed E-state index contributed by atoms with van der Waals surface area (Å²) in [6.07, 6.45) is 0. The average Bonchev–Trinajstić information content (AvgIpc) is 2.62. The van der Waals surface area contributed by atoms with Crippen molar-refractivity contribution in [3.63, 3.8) is 0 Å². The van der Waals surface area contributed by atoms with E-state index in [0.29, 0.717) is 6.54 Å². The van der Waals surface area contributed by atoms with Crippen LogP contribution in [0.4, 0.5) is 0 Å². The smallest absolute Gasteiger partial charge is 0.232 e. The summed E-state index contributed by atoms with van der Waals surface area (Å²) in [6, 6.07) is 10.2. The highest BCUT2D eigenvalue weighted by molar-refractivity contribution is 7.98. The highest BCUT2D eigenvalue weighted by Gasteiger charge is 2.41. The van der Waals surface area contributed by atoms with Crippen LogP contribution in [0.2, 0.25) is 0 Å². The van der Waals surface area contributed by atoms with Gasteiger partial charge in [0.05, 0.1) is 0 Å². The van der Waals surface area contributed by atoms with Crippen molar-refractivity contribution in [3.8, 4) is 0 Å². The number of hydrogen-bond donors (Lipinski definition) is 0. The quantitative estimate of drug-likeness (QED) is 0.613. The Morgan fingerprint density at radius 3 is 2.21 bits per heavy atom. The third kappa shape index (κ3) is 3.18. The Balaban J connectivity index is 1.77. The predicted octanol–water partition coefficient (Wildman–Crippen LogP) is 2.56.